The second kappa shape index (κ2) is 6.67. The molecule has 1 aromatic carbocycles. The third-order valence-electron chi connectivity index (χ3n) is 4.84. The first-order chi connectivity index (χ1) is 12.6. The van der Waals surface area contributed by atoms with Gasteiger partial charge in [0.25, 0.3) is 5.91 Å². The highest BCUT2D eigenvalue weighted by Crippen LogP contribution is 2.29. The Balaban J connectivity index is 1.52. The Hall–Kier alpha value is -3.09. The van der Waals surface area contributed by atoms with E-state index in [4.69, 9.17) is 0 Å². The van der Waals surface area contributed by atoms with Gasteiger partial charge in [0, 0.05) is 35.4 Å². The lowest BCUT2D eigenvalue weighted by Crippen LogP contribution is -2.23. The molecule has 0 fully saturated rings. The van der Waals surface area contributed by atoms with Crippen molar-refractivity contribution < 1.29 is 9.59 Å². The summed E-state index contributed by atoms with van der Waals surface area (Å²) in [5.41, 5.74) is 4.87. The first kappa shape index (κ1) is 16.4. The highest BCUT2D eigenvalue weighted by molar-refractivity contribution is 6.06. The Bertz CT molecular complexity index is 985. The number of aromatic amines is 1. The minimum Gasteiger partial charge on any atom is -0.358 e. The van der Waals surface area contributed by atoms with Gasteiger partial charge < -0.3 is 15.6 Å². The van der Waals surface area contributed by atoms with E-state index >= 15 is 0 Å². The topological polar surface area (TPSA) is 91.8 Å². The summed E-state index contributed by atoms with van der Waals surface area (Å²) in [5, 5.41) is 10.7. The van der Waals surface area contributed by atoms with Crippen LogP contribution in [0.3, 0.4) is 0 Å². The number of carbonyl (C=O) groups is 2. The lowest BCUT2D eigenvalue weighted by atomic mass is 9.95. The zero-order valence-electron chi connectivity index (χ0n) is 14.6. The molecule has 134 valence electrons. The fourth-order valence-corrected chi connectivity index (χ4v) is 3.50. The van der Waals surface area contributed by atoms with Crippen molar-refractivity contribution in [1.82, 2.24) is 20.1 Å². The molecule has 4 rings (SSSR count). The van der Waals surface area contributed by atoms with Gasteiger partial charge in [0.2, 0.25) is 5.91 Å². The van der Waals surface area contributed by atoms with E-state index < -0.39 is 0 Å². The SMILES string of the molecule is CNC(=O)Cn1cc(NC(=O)c2ccc3c4c([nH]c3c2)CCCC4)cn1. The molecule has 0 atom stereocenters. The van der Waals surface area contributed by atoms with E-state index in [0.717, 1.165) is 18.4 Å². The van der Waals surface area contributed by atoms with Gasteiger partial charge in [-0.1, -0.05) is 6.07 Å². The molecule has 0 bridgehead atoms. The van der Waals surface area contributed by atoms with Crippen molar-refractivity contribution in [2.24, 2.45) is 0 Å². The number of anilines is 1. The molecule has 26 heavy (non-hydrogen) atoms. The fourth-order valence-electron chi connectivity index (χ4n) is 3.50. The van der Waals surface area contributed by atoms with E-state index in [-0.39, 0.29) is 18.4 Å². The highest BCUT2D eigenvalue weighted by atomic mass is 16.2. The average molecular weight is 351 g/mol. The summed E-state index contributed by atoms with van der Waals surface area (Å²) in [6.07, 6.45) is 7.79. The van der Waals surface area contributed by atoms with Gasteiger partial charge in [0.1, 0.15) is 6.54 Å². The van der Waals surface area contributed by atoms with Crippen molar-refractivity contribution in [2.75, 3.05) is 12.4 Å². The number of nitrogens with one attached hydrogen (secondary N) is 3. The molecule has 0 spiro atoms. The fraction of sp³-hybridized carbons (Fsp3) is 0.316. The maximum Gasteiger partial charge on any atom is 0.255 e. The third-order valence-corrected chi connectivity index (χ3v) is 4.84. The first-order valence-corrected chi connectivity index (χ1v) is 8.82. The van der Waals surface area contributed by atoms with Crippen LogP contribution in [0, 0.1) is 0 Å². The van der Waals surface area contributed by atoms with Crippen LogP contribution in [0.15, 0.2) is 30.6 Å². The normalized spacial score (nSPS) is 13.4. The van der Waals surface area contributed by atoms with E-state index in [1.807, 2.05) is 18.2 Å². The van der Waals surface area contributed by atoms with Gasteiger partial charge >= 0.3 is 0 Å². The van der Waals surface area contributed by atoms with Crippen LogP contribution < -0.4 is 10.6 Å². The van der Waals surface area contributed by atoms with Gasteiger partial charge in [-0.2, -0.15) is 5.10 Å². The van der Waals surface area contributed by atoms with E-state index in [1.165, 1.54) is 40.4 Å². The number of rotatable bonds is 4. The molecule has 1 aliphatic carbocycles. The maximum absolute atomic E-state index is 12.5. The van der Waals surface area contributed by atoms with E-state index in [0.29, 0.717) is 11.3 Å². The van der Waals surface area contributed by atoms with Gasteiger partial charge in [-0.25, -0.2) is 0 Å². The van der Waals surface area contributed by atoms with Gasteiger partial charge in [0.05, 0.1) is 11.9 Å². The van der Waals surface area contributed by atoms with Crippen LogP contribution in [0.1, 0.15) is 34.5 Å². The van der Waals surface area contributed by atoms with Crippen LogP contribution in [0.2, 0.25) is 0 Å². The van der Waals surface area contributed by atoms with E-state index in [1.54, 1.807) is 13.2 Å². The second-order valence-corrected chi connectivity index (χ2v) is 6.60. The summed E-state index contributed by atoms with van der Waals surface area (Å²) in [4.78, 5) is 27.4. The number of carbonyl (C=O) groups excluding carboxylic acids is 2. The van der Waals surface area contributed by atoms with Crippen molar-refractivity contribution in [2.45, 2.75) is 32.2 Å². The lowest BCUT2D eigenvalue weighted by Gasteiger charge is -2.10. The van der Waals surface area contributed by atoms with E-state index in [9.17, 15) is 9.59 Å². The standard InChI is InChI=1S/C19H21N5O2/c1-20-18(25)11-24-10-13(9-21-24)22-19(26)12-6-7-15-14-4-2-3-5-16(14)23-17(15)8-12/h6-10,23H,2-5,11H2,1H3,(H,20,25)(H,22,26). The number of hydrogen-bond acceptors (Lipinski definition) is 3. The van der Waals surface area contributed by atoms with Gasteiger partial charge in [-0.15, -0.1) is 0 Å². The third kappa shape index (κ3) is 3.08. The molecule has 0 saturated heterocycles. The number of aromatic nitrogens is 3. The molecule has 2 heterocycles. The Morgan fingerprint density at radius 2 is 2.12 bits per heavy atom. The van der Waals surface area contributed by atoms with Gasteiger partial charge in [-0.3, -0.25) is 14.3 Å². The van der Waals surface area contributed by atoms with Crippen LogP contribution in [0.5, 0.6) is 0 Å². The van der Waals surface area contributed by atoms with Crippen LogP contribution >= 0.6 is 0 Å². The predicted molar refractivity (Wildman–Crippen MR) is 99.2 cm³/mol. The number of benzene rings is 1. The van der Waals surface area contributed by atoms with Crippen molar-refractivity contribution >= 4 is 28.4 Å². The largest absolute Gasteiger partial charge is 0.358 e. The Kier molecular flexibility index (Phi) is 4.20. The van der Waals surface area contributed by atoms with Crippen LogP contribution in [0.4, 0.5) is 5.69 Å². The molecule has 7 nitrogen and oxygen atoms in total. The quantitative estimate of drug-likeness (QED) is 0.673. The zero-order chi connectivity index (χ0) is 18.1. The van der Waals surface area contributed by atoms with Crippen LogP contribution in [-0.2, 0) is 24.2 Å². The molecule has 3 N–H and O–H groups in total. The number of likely N-dealkylation sites (N-methyl/N-ethyl adjacent to an activating group) is 1. The summed E-state index contributed by atoms with van der Waals surface area (Å²) in [7, 11) is 1.57. The smallest absolute Gasteiger partial charge is 0.255 e. The summed E-state index contributed by atoms with van der Waals surface area (Å²) in [6.45, 7) is 0.117. The molecule has 0 aliphatic heterocycles. The van der Waals surface area contributed by atoms with Crippen molar-refractivity contribution in [3.63, 3.8) is 0 Å². The summed E-state index contributed by atoms with van der Waals surface area (Å²) >= 11 is 0. The lowest BCUT2D eigenvalue weighted by molar-refractivity contribution is -0.121. The summed E-state index contributed by atoms with van der Waals surface area (Å²) in [6, 6.07) is 5.78. The molecule has 0 saturated carbocycles. The number of fused-ring (bicyclic) bond motifs is 3. The Morgan fingerprint density at radius 3 is 2.96 bits per heavy atom. The minimum atomic E-state index is -0.195. The molecule has 0 unspecified atom stereocenters. The van der Waals surface area contributed by atoms with Crippen LogP contribution in [-0.4, -0.2) is 33.6 Å². The summed E-state index contributed by atoms with van der Waals surface area (Å²) < 4.78 is 1.48. The molecular weight excluding hydrogens is 330 g/mol. The number of hydrogen-bond donors (Lipinski definition) is 3. The predicted octanol–water partition coefficient (Wildman–Crippen LogP) is 2.24. The van der Waals surface area contributed by atoms with Crippen molar-refractivity contribution in [1.29, 1.82) is 0 Å². The van der Waals surface area contributed by atoms with Gasteiger partial charge in [0.15, 0.2) is 0 Å². The van der Waals surface area contributed by atoms with Crippen LogP contribution in [0.25, 0.3) is 10.9 Å². The molecular formula is C19H21N5O2. The summed E-state index contributed by atoms with van der Waals surface area (Å²) in [5.74, 6) is -0.342. The molecule has 0 radical (unpaired) electrons. The molecule has 1 aliphatic rings. The number of aryl methyl sites for hydroxylation is 2. The monoisotopic (exact) mass is 351 g/mol. The van der Waals surface area contributed by atoms with Crippen molar-refractivity contribution in [3.05, 3.63) is 47.4 Å². The van der Waals surface area contributed by atoms with E-state index in [2.05, 4.69) is 20.7 Å². The first-order valence-electron chi connectivity index (χ1n) is 8.82. The number of amides is 2. The second-order valence-electron chi connectivity index (χ2n) is 6.60. The van der Waals surface area contributed by atoms with Crippen molar-refractivity contribution in [3.8, 4) is 0 Å². The number of nitrogens with zero attached hydrogens (tertiary/aromatic N) is 2. The minimum absolute atomic E-state index is 0.117. The molecule has 3 aromatic rings. The molecule has 2 aromatic heterocycles. The van der Waals surface area contributed by atoms with Gasteiger partial charge in [-0.05, 0) is 43.4 Å². The average Bonchev–Trinajstić information content (AvgIpc) is 3.24. The molecule has 7 heteroatoms. The Labute approximate surface area is 150 Å². The molecule has 2 amide bonds. The highest BCUT2D eigenvalue weighted by Gasteiger charge is 2.17. The Morgan fingerprint density at radius 1 is 1.27 bits per heavy atom. The zero-order valence-corrected chi connectivity index (χ0v) is 14.6. The number of H-pyrrole nitrogens is 1. The maximum atomic E-state index is 12.5.